The van der Waals surface area contributed by atoms with Gasteiger partial charge in [0.1, 0.15) is 11.5 Å². The molecule has 2 nitrogen and oxygen atoms in total. The molecule has 0 N–H and O–H groups in total. The van der Waals surface area contributed by atoms with Crippen LogP contribution in [0.5, 0.6) is 5.75 Å². The van der Waals surface area contributed by atoms with Crippen LogP contribution in [0.1, 0.15) is 31.7 Å². The van der Waals surface area contributed by atoms with Gasteiger partial charge in [0.15, 0.2) is 0 Å². The van der Waals surface area contributed by atoms with Gasteiger partial charge in [-0.15, -0.1) is 0 Å². The molecule has 0 spiro atoms. The third-order valence-electron chi connectivity index (χ3n) is 2.39. The first-order chi connectivity index (χ1) is 7.63. The van der Waals surface area contributed by atoms with E-state index in [0.717, 1.165) is 22.2 Å². The molecule has 0 saturated carbocycles. The lowest BCUT2D eigenvalue weighted by atomic mass is 10.2. The van der Waals surface area contributed by atoms with E-state index in [4.69, 9.17) is 4.74 Å². The van der Waals surface area contributed by atoms with Gasteiger partial charge in [0, 0.05) is 17.3 Å². The molecule has 0 aliphatic carbocycles. The largest absolute Gasteiger partial charge is 0.493 e. The molecule has 0 aromatic heterocycles. The normalized spacial score (nSPS) is 10.2. The minimum Gasteiger partial charge on any atom is -0.493 e. The van der Waals surface area contributed by atoms with E-state index in [1.165, 1.54) is 0 Å². The summed E-state index contributed by atoms with van der Waals surface area (Å²) in [6, 6.07) is 5.92. The highest BCUT2D eigenvalue weighted by molar-refractivity contribution is 9.10. The Morgan fingerprint density at radius 3 is 2.81 bits per heavy atom. The van der Waals surface area contributed by atoms with Crippen LogP contribution in [0.25, 0.3) is 0 Å². The molecule has 0 bridgehead atoms. The van der Waals surface area contributed by atoms with Crippen LogP contribution in [0.4, 0.5) is 0 Å². The van der Waals surface area contributed by atoms with E-state index in [1.807, 2.05) is 32.0 Å². The zero-order chi connectivity index (χ0) is 12.0. The molecule has 1 rings (SSSR count). The smallest absolute Gasteiger partial charge is 0.132 e. The molecule has 0 aliphatic heterocycles. The van der Waals surface area contributed by atoms with E-state index < -0.39 is 0 Å². The van der Waals surface area contributed by atoms with Gasteiger partial charge in [-0.25, -0.2) is 0 Å². The van der Waals surface area contributed by atoms with Crippen LogP contribution >= 0.6 is 15.9 Å². The molecule has 0 heterocycles. The molecule has 0 amide bonds. The predicted octanol–water partition coefficient (Wildman–Crippen LogP) is 3.90. The number of halogens is 1. The van der Waals surface area contributed by atoms with Crippen LogP contribution in [0.15, 0.2) is 22.7 Å². The maximum atomic E-state index is 11.1. The van der Waals surface area contributed by atoms with Crippen molar-refractivity contribution in [2.75, 3.05) is 6.61 Å². The standard InChI is InChI=1S/C13H17BrO2/c1-3-12(15)5-4-8-16-13-7-6-11(14)9-10(13)2/h6-7,9H,3-5,8H2,1-2H3. The maximum absolute atomic E-state index is 11.1. The molecule has 0 saturated heterocycles. The van der Waals surface area contributed by atoms with Gasteiger partial charge in [-0.05, 0) is 37.1 Å². The van der Waals surface area contributed by atoms with E-state index in [2.05, 4.69) is 15.9 Å². The Bertz CT molecular complexity index is 361. The van der Waals surface area contributed by atoms with Crippen LogP contribution in [0.2, 0.25) is 0 Å². The topological polar surface area (TPSA) is 26.3 Å². The summed E-state index contributed by atoms with van der Waals surface area (Å²) in [5.74, 6) is 1.20. The summed E-state index contributed by atoms with van der Waals surface area (Å²) in [6.45, 7) is 4.51. The van der Waals surface area contributed by atoms with Crippen molar-refractivity contribution in [2.24, 2.45) is 0 Å². The highest BCUT2D eigenvalue weighted by Gasteiger charge is 2.01. The molecule has 0 aliphatic rings. The van der Waals surface area contributed by atoms with Gasteiger partial charge >= 0.3 is 0 Å². The third kappa shape index (κ3) is 4.35. The summed E-state index contributed by atoms with van der Waals surface area (Å²) < 4.78 is 6.67. The number of Topliss-reactive ketones (excluding diaryl/α,β-unsaturated/α-hetero) is 1. The SMILES string of the molecule is CCC(=O)CCCOc1ccc(Br)cc1C. The van der Waals surface area contributed by atoms with Crippen molar-refractivity contribution in [3.8, 4) is 5.75 Å². The lowest BCUT2D eigenvalue weighted by Gasteiger charge is -2.08. The van der Waals surface area contributed by atoms with Crippen molar-refractivity contribution in [2.45, 2.75) is 33.1 Å². The van der Waals surface area contributed by atoms with Gasteiger partial charge < -0.3 is 4.74 Å². The molecule has 88 valence electrons. The van der Waals surface area contributed by atoms with Crippen molar-refractivity contribution in [1.82, 2.24) is 0 Å². The summed E-state index contributed by atoms with van der Waals surface area (Å²) in [4.78, 5) is 11.1. The first kappa shape index (κ1) is 13.2. The minimum absolute atomic E-state index is 0.302. The quantitative estimate of drug-likeness (QED) is 0.741. The molecular weight excluding hydrogens is 268 g/mol. The fourth-order valence-electron chi connectivity index (χ4n) is 1.40. The lowest BCUT2D eigenvalue weighted by molar-refractivity contribution is -0.118. The Balaban J connectivity index is 2.35. The van der Waals surface area contributed by atoms with E-state index in [-0.39, 0.29) is 0 Å². The number of aryl methyl sites for hydroxylation is 1. The van der Waals surface area contributed by atoms with Crippen molar-refractivity contribution in [1.29, 1.82) is 0 Å². The molecule has 16 heavy (non-hydrogen) atoms. The second-order valence-corrected chi connectivity index (χ2v) is 4.67. The van der Waals surface area contributed by atoms with E-state index in [9.17, 15) is 4.79 Å². The van der Waals surface area contributed by atoms with Gasteiger partial charge in [0.25, 0.3) is 0 Å². The minimum atomic E-state index is 0.302. The highest BCUT2D eigenvalue weighted by atomic mass is 79.9. The average Bonchev–Trinajstić information content (AvgIpc) is 2.26. The summed E-state index contributed by atoms with van der Waals surface area (Å²) in [6.07, 6.45) is 2.03. The number of hydrogen-bond acceptors (Lipinski definition) is 2. The first-order valence-corrected chi connectivity index (χ1v) is 6.33. The summed E-state index contributed by atoms with van der Waals surface area (Å²) in [5, 5.41) is 0. The average molecular weight is 285 g/mol. The van der Waals surface area contributed by atoms with Crippen molar-refractivity contribution >= 4 is 21.7 Å². The fraction of sp³-hybridized carbons (Fsp3) is 0.462. The molecule has 1 aromatic rings. The summed E-state index contributed by atoms with van der Waals surface area (Å²) in [5.41, 5.74) is 1.11. The predicted molar refractivity (Wildman–Crippen MR) is 68.9 cm³/mol. The number of hydrogen-bond donors (Lipinski definition) is 0. The van der Waals surface area contributed by atoms with Crippen molar-refractivity contribution in [3.63, 3.8) is 0 Å². The maximum Gasteiger partial charge on any atom is 0.132 e. The van der Waals surface area contributed by atoms with Crippen LogP contribution < -0.4 is 4.74 Å². The Morgan fingerprint density at radius 2 is 2.19 bits per heavy atom. The van der Waals surface area contributed by atoms with Crippen molar-refractivity contribution < 1.29 is 9.53 Å². The summed E-state index contributed by atoms with van der Waals surface area (Å²) in [7, 11) is 0. The molecule has 0 atom stereocenters. The monoisotopic (exact) mass is 284 g/mol. The van der Waals surface area contributed by atoms with Crippen LogP contribution in [0, 0.1) is 6.92 Å². The molecule has 0 fully saturated rings. The van der Waals surface area contributed by atoms with Crippen LogP contribution in [-0.2, 0) is 4.79 Å². The number of rotatable bonds is 6. The van der Waals surface area contributed by atoms with E-state index in [0.29, 0.717) is 25.2 Å². The molecular formula is C13H17BrO2. The number of ether oxygens (including phenoxy) is 1. The number of carbonyl (C=O) groups is 1. The fourth-order valence-corrected chi connectivity index (χ4v) is 1.88. The summed E-state index contributed by atoms with van der Waals surface area (Å²) >= 11 is 3.41. The number of carbonyl (C=O) groups excluding carboxylic acids is 1. The second kappa shape index (κ2) is 6.69. The lowest BCUT2D eigenvalue weighted by Crippen LogP contribution is -2.02. The van der Waals surface area contributed by atoms with Gasteiger partial charge in [-0.3, -0.25) is 4.79 Å². The van der Waals surface area contributed by atoms with Gasteiger partial charge in [-0.1, -0.05) is 22.9 Å². The second-order valence-electron chi connectivity index (χ2n) is 3.75. The Hall–Kier alpha value is -0.830. The van der Waals surface area contributed by atoms with Gasteiger partial charge in [-0.2, -0.15) is 0 Å². The molecule has 0 unspecified atom stereocenters. The number of ketones is 1. The van der Waals surface area contributed by atoms with Gasteiger partial charge in [0.05, 0.1) is 6.61 Å². The van der Waals surface area contributed by atoms with E-state index in [1.54, 1.807) is 0 Å². The Kier molecular flexibility index (Phi) is 5.53. The van der Waals surface area contributed by atoms with Crippen LogP contribution in [0.3, 0.4) is 0 Å². The zero-order valence-electron chi connectivity index (χ0n) is 9.75. The Labute approximate surface area is 105 Å². The third-order valence-corrected chi connectivity index (χ3v) is 2.88. The van der Waals surface area contributed by atoms with E-state index >= 15 is 0 Å². The highest BCUT2D eigenvalue weighted by Crippen LogP contribution is 2.22. The van der Waals surface area contributed by atoms with Crippen LogP contribution in [-0.4, -0.2) is 12.4 Å². The van der Waals surface area contributed by atoms with Gasteiger partial charge in [0.2, 0.25) is 0 Å². The molecule has 0 radical (unpaired) electrons. The van der Waals surface area contributed by atoms with Crippen molar-refractivity contribution in [3.05, 3.63) is 28.2 Å². The Morgan fingerprint density at radius 1 is 1.44 bits per heavy atom. The first-order valence-electron chi connectivity index (χ1n) is 5.54. The zero-order valence-corrected chi connectivity index (χ0v) is 11.3. The molecule has 1 aromatic carbocycles. The number of benzene rings is 1. The molecule has 3 heteroatoms.